The van der Waals surface area contributed by atoms with Crippen molar-refractivity contribution in [1.82, 2.24) is 14.8 Å². The Morgan fingerprint density at radius 1 is 1.19 bits per heavy atom. The summed E-state index contributed by atoms with van der Waals surface area (Å²) in [6.07, 6.45) is 3.21. The Morgan fingerprint density at radius 3 is 2.73 bits per heavy atom. The molecule has 0 N–H and O–H groups in total. The molecule has 0 saturated heterocycles. The first-order valence-electron chi connectivity index (χ1n) is 8.21. The van der Waals surface area contributed by atoms with E-state index < -0.39 is 0 Å². The van der Waals surface area contributed by atoms with Crippen LogP contribution in [0.2, 0.25) is 0 Å². The van der Waals surface area contributed by atoms with Gasteiger partial charge in [-0.15, -0.1) is 11.3 Å². The number of thiazole rings is 1. The molecule has 0 saturated carbocycles. The van der Waals surface area contributed by atoms with Crippen LogP contribution in [0.3, 0.4) is 0 Å². The third kappa shape index (κ3) is 2.88. The van der Waals surface area contributed by atoms with E-state index in [1.165, 1.54) is 6.08 Å². The number of aryl methyl sites for hydroxylation is 2. The van der Waals surface area contributed by atoms with Crippen molar-refractivity contribution in [2.24, 2.45) is 7.05 Å². The van der Waals surface area contributed by atoms with Gasteiger partial charge in [-0.3, -0.25) is 9.48 Å². The minimum atomic E-state index is -0.0777. The number of aromatic nitrogens is 3. The van der Waals surface area contributed by atoms with Crippen LogP contribution in [0.25, 0.3) is 27.1 Å². The first-order valence-corrected chi connectivity index (χ1v) is 9.03. The lowest BCUT2D eigenvalue weighted by Crippen LogP contribution is -1.99. The molecule has 0 aliphatic heterocycles. The smallest absolute Gasteiger partial charge is 0.189 e. The summed E-state index contributed by atoms with van der Waals surface area (Å²) in [6, 6.07) is 11.7. The minimum Gasteiger partial charge on any atom is -0.454 e. The van der Waals surface area contributed by atoms with E-state index in [1.807, 2.05) is 57.3 Å². The van der Waals surface area contributed by atoms with Gasteiger partial charge in [-0.25, -0.2) is 4.98 Å². The molecule has 0 radical (unpaired) electrons. The van der Waals surface area contributed by atoms with E-state index in [4.69, 9.17) is 4.42 Å². The van der Waals surface area contributed by atoms with Crippen molar-refractivity contribution in [2.75, 3.05) is 0 Å². The van der Waals surface area contributed by atoms with E-state index in [-0.39, 0.29) is 5.78 Å². The number of ketones is 1. The van der Waals surface area contributed by atoms with Crippen molar-refractivity contribution in [1.29, 1.82) is 0 Å². The molecule has 0 fully saturated rings. The van der Waals surface area contributed by atoms with Gasteiger partial charge in [0, 0.05) is 12.7 Å². The van der Waals surface area contributed by atoms with Crippen LogP contribution in [0.5, 0.6) is 0 Å². The van der Waals surface area contributed by atoms with Gasteiger partial charge in [0.15, 0.2) is 16.6 Å². The fourth-order valence-electron chi connectivity index (χ4n) is 2.91. The molecule has 0 aliphatic rings. The van der Waals surface area contributed by atoms with Crippen molar-refractivity contribution in [3.05, 3.63) is 65.2 Å². The summed E-state index contributed by atoms with van der Waals surface area (Å²) < 4.78 is 8.68. The van der Waals surface area contributed by atoms with Crippen LogP contribution in [0.15, 0.2) is 46.9 Å². The molecule has 0 bridgehead atoms. The third-order valence-corrected chi connectivity index (χ3v) is 5.34. The predicted molar refractivity (Wildman–Crippen MR) is 103 cm³/mol. The van der Waals surface area contributed by atoms with Gasteiger partial charge in [0.25, 0.3) is 0 Å². The highest BCUT2D eigenvalue weighted by atomic mass is 32.1. The number of hydrogen-bond acceptors (Lipinski definition) is 5. The zero-order valence-electron chi connectivity index (χ0n) is 14.7. The van der Waals surface area contributed by atoms with Crippen LogP contribution < -0.4 is 0 Å². The summed E-state index contributed by atoms with van der Waals surface area (Å²) in [7, 11) is 1.83. The number of rotatable bonds is 4. The molecule has 1 aromatic carbocycles. The summed E-state index contributed by atoms with van der Waals surface area (Å²) in [5, 5.41) is 5.11. The molecule has 6 heteroatoms. The molecule has 26 heavy (non-hydrogen) atoms. The number of allylic oxidation sites excluding steroid dienone is 1. The Morgan fingerprint density at radius 2 is 2.00 bits per heavy atom. The standard InChI is InChI=1S/C20H17N3O2S/c1-12-19(13(2)23(3)22-12)16(24)10-8-14-9-11-17(25-14)20-21-15-6-4-5-7-18(15)26-20/h4-11H,1-3H3/b10-8+. The second kappa shape index (κ2) is 6.38. The van der Waals surface area contributed by atoms with Crippen LogP contribution in [0.1, 0.15) is 27.5 Å². The van der Waals surface area contributed by atoms with Crippen molar-refractivity contribution in [2.45, 2.75) is 13.8 Å². The first kappa shape index (κ1) is 16.5. The highest BCUT2D eigenvalue weighted by Crippen LogP contribution is 2.31. The topological polar surface area (TPSA) is 60.9 Å². The summed E-state index contributed by atoms with van der Waals surface area (Å²) in [4.78, 5) is 17.1. The molecule has 0 amide bonds. The second-order valence-electron chi connectivity index (χ2n) is 6.06. The van der Waals surface area contributed by atoms with Crippen LogP contribution >= 0.6 is 11.3 Å². The number of nitrogens with zero attached hydrogens (tertiary/aromatic N) is 3. The predicted octanol–water partition coefficient (Wildman–Crippen LogP) is 4.80. The maximum atomic E-state index is 12.5. The molecule has 0 spiro atoms. The zero-order chi connectivity index (χ0) is 18.3. The van der Waals surface area contributed by atoms with E-state index in [0.29, 0.717) is 17.1 Å². The highest BCUT2D eigenvalue weighted by Gasteiger charge is 2.15. The Labute approximate surface area is 154 Å². The fraction of sp³-hybridized carbons (Fsp3) is 0.150. The third-order valence-electron chi connectivity index (χ3n) is 4.29. The van der Waals surface area contributed by atoms with Gasteiger partial charge in [-0.1, -0.05) is 12.1 Å². The van der Waals surface area contributed by atoms with E-state index in [0.717, 1.165) is 26.6 Å². The monoisotopic (exact) mass is 363 g/mol. The lowest BCUT2D eigenvalue weighted by molar-refractivity contribution is 0.104. The summed E-state index contributed by atoms with van der Waals surface area (Å²) in [5.74, 6) is 1.24. The van der Waals surface area contributed by atoms with Gasteiger partial charge in [0.05, 0.1) is 21.5 Å². The largest absolute Gasteiger partial charge is 0.454 e. The van der Waals surface area contributed by atoms with E-state index >= 15 is 0 Å². The Hall–Kier alpha value is -2.99. The van der Waals surface area contributed by atoms with Crippen molar-refractivity contribution < 1.29 is 9.21 Å². The number of hydrogen-bond donors (Lipinski definition) is 0. The minimum absolute atomic E-state index is 0.0777. The quantitative estimate of drug-likeness (QED) is 0.386. The number of para-hydroxylation sites is 1. The van der Waals surface area contributed by atoms with Crippen molar-refractivity contribution in [3.63, 3.8) is 0 Å². The highest BCUT2D eigenvalue weighted by molar-refractivity contribution is 7.21. The van der Waals surface area contributed by atoms with Crippen LogP contribution in [-0.4, -0.2) is 20.5 Å². The maximum Gasteiger partial charge on any atom is 0.189 e. The maximum absolute atomic E-state index is 12.5. The molecule has 0 aliphatic carbocycles. The summed E-state index contributed by atoms with van der Waals surface area (Å²) >= 11 is 1.58. The number of carbonyl (C=O) groups is 1. The molecular weight excluding hydrogens is 346 g/mol. The van der Waals surface area contributed by atoms with Gasteiger partial charge in [-0.2, -0.15) is 5.10 Å². The molecule has 0 unspecified atom stereocenters. The average molecular weight is 363 g/mol. The van der Waals surface area contributed by atoms with E-state index in [9.17, 15) is 4.79 Å². The Bertz CT molecular complexity index is 1110. The van der Waals surface area contributed by atoms with Crippen LogP contribution in [0.4, 0.5) is 0 Å². The SMILES string of the molecule is Cc1nn(C)c(C)c1C(=O)/C=C/c1ccc(-c2nc3ccccc3s2)o1. The van der Waals surface area contributed by atoms with Gasteiger partial charge in [0.2, 0.25) is 0 Å². The lowest BCUT2D eigenvalue weighted by Gasteiger charge is -1.96. The molecular formula is C20H17N3O2S. The lowest BCUT2D eigenvalue weighted by atomic mass is 10.1. The summed E-state index contributed by atoms with van der Waals surface area (Å²) in [6.45, 7) is 3.73. The first-order chi connectivity index (χ1) is 12.5. The van der Waals surface area contributed by atoms with Crippen LogP contribution in [0, 0.1) is 13.8 Å². The van der Waals surface area contributed by atoms with Crippen molar-refractivity contribution in [3.8, 4) is 10.8 Å². The second-order valence-corrected chi connectivity index (χ2v) is 7.09. The fourth-order valence-corrected chi connectivity index (χ4v) is 3.83. The van der Waals surface area contributed by atoms with Gasteiger partial charge in [-0.05, 0) is 50.3 Å². The zero-order valence-corrected chi connectivity index (χ0v) is 15.5. The molecule has 3 aromatic heterocycles. The number of carbonyl (C=O) groups excluding carboxylic acids is 1. The Balaban J connectivity index is 1.58. The molecule has 5 nitrogen and oxygen atoms in total. The molecule has 4 aromatic rings. The van der Waals surface area contributed by atoms with Gasteiger partial charge < -0.3 is 4.42 Å². The normalized spacial score (nSPS) is 11.7. The molecule has 130 valence electrons. The van der Waals surface area contributed by atoms with E-state index in [2.05, 4.69) is 10.1 Å². The molecule has 0 atom stereocenters. The average Bonchev–Trinajstić information content (AvgIpc) is 3.31. The number of furan rings is 1. The molecule has 3 heterocycles. The molecule has 4 rings (SSSR count). The number of fused-ring (bicyclic) bond motifs is 1. The van der Waals surface area contributed by atoms with Crippen molar-refractivity contribution >= 4 is 33.4 Å². The van der Waals surface area contributed by atoms with Crippen LogP contribution in [-0.2, 0) is 7.05 Å². The van der Waals surface area contributed by atoms with E-state index in [1.54, 1.807) is 22.1 Å². The Kier molecular flexibility index (Phi) is 4.05. The number of benzene rings is 1. The van der Waals surface area contributed by atoms with Gasteiger partial charge >= 0.3 is 0 Å². The van der Waals surface area contributed by atoms with Gasteiger partial charge in [0.1, 0.15) is 5.76 Å². The summed E-state index contributed by atoms with van der Waals surface area (Å²) in [5.41, 5.74) is 3.18.